The zero-order valence-corrected chi connectivity index (χ0v) is 10.7. The van der Waals surface area contributed by atoms with E-state index in [1.165, 1.54) is 11.1 Å². The van der Waals surface area contributed by atoms with Crippen molar-refractivity contribution in [3.8, 4) is 0 Å². The Balaban J connectivity index is 1.95. The summed E-state index contributed by atoms with van der Waals surface area (Å²) in [7, 11) is 0. The van der Waals surface area contributed by atoms with Crippen molar-refractivity contribution in [2.75, 3.05) is 4.90 Å². The first-order valence-corrected chi connectivity index (χ1v) is 6.15. The van der Waals surface area contributed by atoms with Gasteiger partial charge in [0.15, 0.2) is 0 Å². The molecule has 0 aliphatic carbocycles. The fraction of sp³-hybridized carbons (Fsp3) is 0.214. The summed E-state index contributed by atoms with van der Waals surface area (Å²) in [5, 5.41) is 7.50. The first kappa shape index (κ1) is 11.6. The average Bonchev–Trinajstić information content (AvgIpc) is 2.81. The number of hydrogen-bond acceptors (Lipinski definition) is 4. The molecule has 0 saturated heterocycles. The van der Waals surface area contributed by atoms with Crippen molar-refractivity contribution in [1.82, 2.24) is 9.97 Å². The summed E-state index contributed by atoms with van der Waals surface area (Å²) >= 11 is 0. The highest BCUT2D eigenvalue weighted by molar-refractivity contribution is 5.93. The van der Waals surface area contributed by atoms with E-state index in [0.717, 1.165) is 18.8 Å². The third kappa shape index (κ3) is 2.14. The number of benzene rings is 1. The molecule has 2 aromatic rings. The summed E-state index contributed by atoms with van der Waals surface area (Å²) in [6, 6.07) is 10.1. The van der Waals surface area contributed by atoms with E-state index >= 15 is 0 Å². The molecule has 1 aromatic carbocycles. The van der Waals surface area contributed by atoms with Crippen LogP contribution in [0, 0.1) is 12.3 Å². The molecule has 19 heavy (non-hydrogen) atoms. The van der Waals surface area contributed by atoms with E-state index in [1.807, 2.05) is 19.1 Å². The molecule has 0 amide bonds. The Morgan fingerprint density at radius 2 is 1.84 bits per heavy atom. The van der Waals surface area contributed by atoms with E-state index < -0.39 is 0 Å². The number of nitrogens with zero attached hydrogens (tertiary/aromatic N) is 3. The van der Waals surface area contributed by atoms with Crippen LogP contribution in [0.5, 0.6) is 0 Å². The molecule has 3 N–H and O–H groups in total. The number of anilines is 1. The van der Waals surface area contributed by atoms with Gasteiger partial charge in [-0.3, -0.25) is 5.41 Å². The van der Waals surface area contributed by atoms with Crippen molar-refractivity contribution in [3.05, 3.63) is 52.8 Å². The number of nitrogen functional groups attached to an aromatic ring is 1. The molecule has 3 rings (SSSR count). The highest BCUT2D eigenvalue weighted by atomic mass is 15.3. The number of amidine groups is 1. The smallest absolute Gasteiger partial charge is 0.226 e. The Bertz CT molecular complexity index is 625. The molecule has 1 aliphatic rings. The standard InChI is InChI=1S/C14H15N5/c1-9-6-12(13(15)16)18-14(17-9)19-7-10-4-2-3-5-11(10)8-19/h2-6H,7-8H2,1H3,(H3,15,16). The van der Waals surface area contributed by atoms with Gasteiger partial charge < -0.3 is 10.6 Å². The van der Waals surface area contributed by atoms with Gasteiger partial charge in [0.1, 0.15) is 11.5 Å². The van der Waals surface area contributed by atoms with Crippen LogP contribution in [-0.4, -0.2) is 15.8 Å². The monoisotopic (exact) mass is 253 g/mol. The van der Waals surface area contributed by atoms with E-state index in [1.54, 1.807) is 6.07 Å². The second-order valence-electron chi connectivity index (χ2n) is 4.73. The Labute approximate surface area is 111 Å². The molecule has 0 spiro atoms. The Morgan fingerprint density at radius 1 is 1.21 bits per heavy atom. The SMILES string of the molecule is Cc1cc(C(=N)N)nc(N2Cc3ccccc3C2)n1. The predicted octanol–water partition coefficient (Wildman–Crippen LogP) is 1.59. The molecule has 5 heteroatoms. The van der Waals surface area contributed by atoms with Gasteiger partial charge in [0.05, 0.1) is 0 Å². The van der Waals surface area contributed by atoms with Crippen molar-refractivity contribution in [3.63, 3.8) is 0 Å². The number of fused-ring (bicyclic) bond motifs is 1. The minimum Gasteiger partial charge on any atom is -0.382 e. The summed E-state index contributed by atoms with van der Waals surface area (Å²) in [5.41, 5.74) is 9.42. The van der Waals surface area contributed by atoms with Crippen LogP contribution < -0.4 is 10.6 Å². The van der Waals surface area contributed by atoms with E-state index in [2.05, 4.69) is 27.0 Å². The molecule has 0 radical (unpaired) electrons. The first-order valence-electron chi connectivity index (χ1n) is 6.15. The average molecular weight is 253 g/mol. The van der Waals surface area contributed by atoms with Gasteiger partial charge in [-0.25, -0.2) is 9.97 Å². The van der Waals surface area contributed by atoms with Crippen LogP contribution in [0.4, 0.5) is 5.95 Å². The van der Waals surface area contributed by atoms with Crippen LogP contribution in [0.1, 0.15) is 22.5 Å². The van der Waals surface area contributed by atoms with Crippen LogP contribution in [0.15, 0.2) is 30.3 Å². The van der Waals surface area contributed by atoms with E-state index in [-0.39, 0.29) is 5.84 Å². The van der Waals surface area contributed by atoms with Crippen LogP contribution in [0.3, 0.4) is 0 Å². The van der Waals surface area contributed by atoms with Crippen LogP contribution >= 0.6 is 0 Å². The van der Waals surface area contributed by atoms with Gasteiger partial charge in [-0.15, -0.1) is 0 Å². The van der Waals surface area contributed by atoms with E-state index in [9.17, 15) is 0 Å². The molecule has 1 aliphatic heterocycles. The minimum absolute atomic E-state index is 0.0246. The molecular formula is C14H15N5. The summed E-state index contributed by atoms with van der Waals surface area (Å²) in [4.78, 5) is 10.9. The lowest BCUT2D eigenvalue weighted by atomic mass is 10.1. The number of rotatable bonds is 2. The molecule has 0 fully saturated rings. The predicted molar refractivity (Wildman–Crippen MR) is 74.1 cm³/mol. The summed E-state index contributed by atoms with van der Waals surface area (Å²) in [6.45, 7) is 3.49. The highest BCUT2D eigenvalue weighted by Crippen LogP contribution is 2.25. The Kier molecular flexibility index (Phi) is 2.67. The summed E-state index contributed by atoms with van der Waals surface area (Å²) in [5.74, 6) is 0.616. The second kappa shape index (κ2) is 4.35. The normalized spacial score (nSPS) is 13.4. The molecule has 0 bridgehead atoms. The number of nitrogens with one attached hydrogen (secondary N) is 1. The molecule has 5 nitrogen and oxygen atoms in total. The first-order chi connectivity index (χ1) is 9.13. The van der Waals surface area contributed by atoms with Gasteiger partial charge >= 0.3 is 0 Å². The van der Waals surface area contributed by atoms with Gasteiger partial charge in [-0.1, -0.05) is 24.3 Å². The van der Waals surface area contributed by atoms with E-state index in [4.69, 9.17) is 11.1 Å². The number of aromatic nitrogens is 2. The van der Waals surface area contributed by atoms with E-state index in [0.29, 0.717) is 11.6 Å². The highest BCUT2D eigenvalue weighted by Gasteiger charge is 2.21. The molecule has 0 unspecified atom stereocenters. The number of aryl methyl sites for hydroxylation is 1. The lowest BCUT2D eigenvalue weighted by Gasteiger charge is -2.16. The number of hydrogen-bond donors (Lipinski definition) is 2. The maximum Gasteiger partial charge on any atom is 0.226 e. The zero-order chi connectivity index (χ0) is 13.4. The van der Waals surface area contributed by atoms with Gasteiger partial charge in [0.2, 0.25) is 5.95 Å². The third-order valence-corrected chi connectivity index (χ3v) is 3.24. The second-order valence-corrected chi connectivity index (χ2v) is 4.73. The summed E-state index contributed by atoms with van der Waals surface area (Å²) < 4.78 is 0. The third-order valence-electron chi connectivity index (χ3n) is 3.24. The molecule has 0 saturated carbocycles. The lowest BCUT2D eigenvalue weighted by molar-refractivity contribution is 0.820. The van der Waals surface area contributed by atoms with Gasteiger partial charge in [-0.05, 0) is 24.1 Å². The fourth-order valence-electron chi connectivity index (χ4n) is 2.31. The van der Waals surface area contributed by atoms with Crippen LogP contribution in [0.25, 0.3) is 0 Å². The van der Waals surface area contributed by atoms with Crippen molar-refractivity contribution in [2.24, 2.45) is 5.73 Å². The van der Waals surface area contributed by atoms with Crippen LogP contribution in [0.2, 0.25) is 0 Å². The molecule has 0 atom stereocenters. The molecular weight excluding hydrogens is 238 g/mol. The Morgan fingerprint density at radius 3 is 2.42 bits per heavy atom. The molecule has 2 heterocycles. The van der Waals surface area contributed by atoms with Crippen LogP contribution in [-0.2, 0) is 13.1 Å². The van der Waals surface area contributed by atoms with Crippen molar-refractivity contribution < 1.29 is 0 Å². The maximum absolute atomic E-state index is 7.50. The minimum atomic E-state index is -0.0246. The zero-order valence-electron chi connectivity index (χ0n) is 10.7. The largest absolute Gasteiger partial charge is 0.382 e. The van der Waals surface area contributed by atoms with Gasteiger partial charge in [0, 0.05) is 18.8 Å². The van der Waals surface area contributed by atoms with Crippen molar-refractivity contribution in [1.29, 1.82) is 5.41 Å². The quantitative estimate of drug-likeness (QED) is 0.629. The maximum atomic E-state index is 7.50. The Hall–Kier alpha value is -2.43. The summed E-state index contributed by atoms with van der Waals surface area (Å²) in [6.07, 6.45) is 0. The lowest BCUT2D eigenvalue weighted by Crippen LogP contribution is -2.21. The number of nitrogens with two attached hydrogens (primary N) is 1. The molecule has 96 valence electrons. The fourth-order valence-corrected chi connectivity index (χ4v) is 2.31. The topological polar surface area (TPSA) is 78.9 Å². The van der Waals surface area contributed by atoms with Crippen molar-refractivity contribution in [2.45, 2.75) is 20.0 Å². The molecule has 1 aromatic heterocycles. The van der Waals surface area contributed by atoms with Crippen molar-refractivity contribution >= 4 is 11.8 Å². The van der Waals surface area contributed by atoms with Gasteiger partial charge in [0.25, 0.3) is 0 Å². The van der Waals surface area contributed by atoms with Gasteiger partial charge in [-0.2, -0.15) is 0 Å².